The standard InChI is InChI=1S/C11H7NO6/c12-4-5-1-2-6-7(3-5)9(14)11(17,18)10(15,16)8(6)13/h1-3,15-18H. The first-order valence-corrected chi connectivity index (χ1v) is 4.76. The Hall–Kier alpha value is -2.11. The molecular weight excluding hydrogens is 242 g/mol. The maximum absolute atomic E-state index is 11.7. The van der Waals surface area contributed by atoms with Crippen molar-refractivity contribution < 1.29 is 30.0 Å². The molecule has 0 spiro atoms. The van der Waals surface area contributed by atoms with Gasteiger partial charge in [-0.2, -0.15) is 5.26 Å². The molecule has 7 nitrogen and oxygen atoms in total. The minimum absolute atomic E-state index is 0.0223. The number of benzene rings is 1. The zero-order valence-electron chi connectivity index (χ0n) is 8.78. The van der Waals surface area contributed by atoms with Gasteiger partial charge in [0.2, 0.25) is 11.6 Å². The van der Waals surface area contributed by atoms with Gasteiger partial charge in [0, 0.05) is 11.1 Å². The Labute approximate surface area is 100 Å². The highest BCUT2D eigenvalue weighted by molar-refractivity contribution is 6.20. The van der Waals surface area contributed by atoms with E-state index in [4.69, 9.17) is 5.26 Å². The molecule has 0 atom stereocenters. The average Bonchev–Trinajstić information content (AvgIpc) is 2.34. The van der Waals surface area contributed by atoms with Gasteiger partial charge in [-0.3, -0.25) is 9.59 Å². The molecule has 92 valence electrons. The van der Waals surface area contributed by atoms with Crippen LogP contribution in [-0.4, -0.2) is 43.6 Å². The van der Waals surface area contributed by atoms with Crippen LogP contribution in [0.3, 0.4) is 0 Å². The largest absolute Gasteiger partial charge is 0.355 e. The fourth-order valence-corrected chi connectivity index (χ4v) is 1.69. The average molecular weight is 249 g/mol. The lowest BCUT2D eigenvalue weighted by Gasteiger charge is -2.36. The molecule has 0 unspecified atom stereocenters. The van der Waals surface area contributed by atoms with Gasteiger partial charge in [0.1, 0.15) is 0 Å². The zero-order chi connectivity index (χ0) is 13.7. The summed E-state index contributed by atoms with van der Waals surface area (Å²) < 4.78 is 0. The van der Waals surface area contributed by atoms with Gasteiger partial charge < -0.3 is 20.4 Å². The van der Waals surface area contributed by atoms with E-state index >= 15 is 0 Å². The molecule has 0 fully saturated rings. The zero-order valence-corrected chi connectivity index (χ0v) is 8.78. The molecule has 1 aliphatic rings. The van der Waals surface area contributed by atoms with Crippen molar-refractivity contribution in [1.82, 2.24) is 0 Å². The smallest absolute Gasteiger partial charge is 0.292 e. The maximum Gasteiger partial charge on any atom is 0.292 e. The topological polar surface area (TPSA) is 139 Å². The molecule has 1 aromatic carbocycles. The van der Waals surface area contributed by atoms with E-state index in [2.05, 4.69) is 0 Å². The third-order valence-electron chi connectivity index (χ3n) is 2.76. The van der Waals surface area contributed by atoms with Gasteiger partial charge in [-0.05, 0) is 18.2 Å². The van der Waals surface area contributed by atoms with Crippen LogP contribution in [0.25, 0.3) is 0 Å². The van der Waals surface area contributed by atoms with Crippen LogP contribution in [0.15, 0.2) is 18.2 Å². The number of rotatable bonds is 0. The van der Waals surface area contributed by atoms with Gasteiger partial charge in [-0.1, -0.05) is 0 Å². The normalized spacial score (nSPS) is 20.2. The van der Waals surface area contributed by atoms with E-state index in [1.54, 1.807) is 6.07 Å². The van der Waals surface area contributed by atoms with Crippen molar-refractivity contribution in [2.24, 2.45) is 0 Å². The van der Waals surface area contributed by atoms with Gasteiger partial charge >= 0.3 is 0 Å². The molecule has 0 radical (unpaired) electrons. The molecule has 0 bridgehead atoms. The Kier molecular flexibility index (Phi) is 2.36. The van der Waals surface area contributed by atoms with E-state index in [9.17, 15) is 30.0 Å². The summed E-state index contributed by atoms with van der Waals surface area (Å²) in [5.74, 6) is -10.2. The van der Waals surface area contributed by atoms with Crippen molar-refractivity contribution in [3.63, 3.8) is 0 Å². The molecule has 1 aliphatic carbocycles. The van der Waals surface area contributed by atoms with Gasteiger partial charge in [-0.15, -0.1) is 0 Å². The summed E-state index contributed by atoms with van der Waals surface area (Å²) in [4.78, 5) is 23.3. The molecule has 0 aromatic heterocycles. The number of Topliss-reactive ketones (excluding diaryl/α,β-unsaturated/α-hetero) is 2. The minimum Gasteiger partial charge on any atom is -0.355 e. The monoisotopic (exact) mass is 249 g/mol. The Balaban J connectivity index is 2.77. The van der Waals surface area contributed by atoms with Gasteiger partial charge in [-0.25, -0.2) is 0 Å². The molecule has 18 heavy (non-hydrogen) atoms. The Morgan fingerprint density at radius 3 is 1.94 bits per heavy atom. The minimum atomic E-state index is -3.65. The van der Waals surface area contributed by atoms with Crippen molar-refractivity contribution >= 4 is 11.6 Å². The SMILES string of the molecule is N#Cc1ccc2c(c1)C(=O)C(O)(O)C(O)(O)C2=O. The number of aliphatic hydroxyl groups is 4. The number of carbonyl (C=O) groups excluding carboxylic acids is 2. The summed E-state index contributed by atoms with van der Waals surface area (Å²) in [5, 5.41) is 46.0. The summed E-state index contributed by atoms with van der Waals surface area (Å²) >= 11 is 0. The maximum atomic E-state index is 11.7. The van der Waals surface area contributed by atoms with Crippen LogP contribution in [0.2, 0.25) is 0 Å². The second-order valence-electron chi connectivity index (χ2n) is 3.87. The van der Waals surface area contributed by atoms with Crippen LogP contribution in [0, 0.1) is 11.3 Å². The van der Waals surface area contributed by atoms with E-state index in [1.165, 1.54) is 6.07 Å². The Bertz CT molecular complexity index is 610. The van der Waals surface area contributed by atoms with Crippen LogP contribution < -0.4 is 0 Å². The number of ketones is 2. The molecular formula is C11H7NO6. The van der Waals surface area contributed by atoms with Crippen molar-refractivity contribution in [1.29, 1.82) is 5.26 Å². The highest BCUT2D eigenvalue weighted by Gasteiger charge is 2.62. The van der Waals surface area contributed by atoms with E-state index in [1.807, 2.05) is 0 Å². The summed E-state index contributed by atoms with van der Waals surface area (Å²) in [7, 11) is 0. The third kappa shape index (κ3) is 1.32. The molecule has 7 heteroatoms. The number of nitrogens with zero attached hydrogens (tertiary/aromatic N) is 1. The molecule has 0 saturated carbocycles. The van der Waals surface area contributed by atoms with Gasteiger partial charge in [0.15, 0.2) is 0 Å². The third-order valence-corrected chi connectivity index (χ3v) is 2.76. The van der Waals surface area contributed by atoms with Crippen LogP contribution in [0.5, 0.6) is 0 Å². The molecule has 4 N–H and O–H groups in total. The number of hydrogen-bond donors (Lipinski definition) is 4. The summed E-state index contributed by atoms with van der Waals surface area (Å²) in [6.07, 6.45) is 0. The van der Waals surface area contributed by atoms with Crippen LogP contribution in [-0.2, 0) is 0 Å². The quantitative estimate of drug-likeness (QED) is 0.402. The second kappa shape index (κ2) is 3.44. The summed E-state index contributed by atoms with van der Waals surface area (Å²) in [6.45, 7) is 0. The lowest BCUT2D eigenvalue weighted by atomic mass is 9.80. The van der Waals surface area contributed by atoms with E-state index < -0.39 is 28.7 Å². The van der Waals surface area contributed by atoms with Crippen molar-refractivity contribution in [2.45, 2.75) is 11.6 Å². The highest BCUT2D eigenvalue weighted by atomic mass is 16.6. The first-order valence-electron chi connectivity index (χ1n) is 4.76. The summed E-state index contributed by atoms with van der Waals surface area (Å²) in [6, 6.07) is 4.93. The lowest BCUT2D eigenvalue weighted by molar-refractivity contribution is -0.299. The second-order valence-corrected chi connectivity index (χ2v) is 3.87. The fraction of sp³-hybridized carbons (Fsp3) is 0.182. The molecule has 1 aromatic rings. The van der Waals surface area contributed by atoms with E-state index in [0.29, 0.717) is 0 Å². The predicted molar refractivity (Wildman–Crippen MR) is 54.2 cm³/mol. The van der Waals surface area contributed by atoms with Crippen LogP contribution >= 0.6 is 0 Å². The first kappa shape index (κ1) is 12.3. The van der Waals surface area contributed by atoms with Crippen molar-refractivity contribution in [3.8, 4) is 6.07 Å². The molecule has 2 rings (SSSR count). The molecule has 0 amide bonds. The molecule has 0 aliphatic heterocycles. The Morgan fingerprint density at radius 1 is 0.944 bits per heavy atom. The molecule has 0 heterocycles. The number of hydrogen-bond acceptors (Lipinski definition) is 7. The lowest BCUT2D eigenvalue weighted by Crippen LogP contribution is -2.66. The first-order chi connectivity index (χ1) is 8.23. The van der Waals surface area contributed by atoms with Gasteiger partial charge in [0.05, 0.1) is 11.6 Å². The highest BCUT2D eigenvalue weighted by Crippen LogP contribution is 2.33. The van der Waals surface area contributed by atoms with Gasteiger partial charge in [0.25, 0.3) is 11.6 Å². The fourth-order valence-electron chi connectivity index (χ4n) is 1.69. The van der Waals surface area contributed by atoms with Crippen LogP contribution in [0.1, 0.15) is 26.3 Å². The predicted octanol–water partition coefficient (Wildman–Crippen LogP) is -1.70. The van der Waals surface area contributed by atoms with Crippen molar-refractivity contribution in [2.75, 3.05) is 0 Å². The Morgan fingerprint density at radius 2 is 1.44 bits per heavy atom. The number of carbonyl (C=O) groups is 2. The summed E-state index contributed by atoms with van der Waals surface area (Å²) in [5.41, 5.74) is -0.806. The van der Waals surface area contributed by atoms with Crippen molar-refractivity contribution in [3.05, 3.63) is 34.9 Å². The molecule has 0 saturated heterocycles. The van der Waals surface area contributed by atoms with E-state index in [0.717, 1.165) is 12.1 Å². The number of nitriles is 1. The van der Waals surface area contributed by atoms with Crippen LogP contribution in [0.4, 0.5) is 0 Å². The number of fused-ring (bicyclic) bond motifs is 1. The van der Waals surface area contributed by atoms with E-state index in [-0.39, 0.29) is 11.1 Å².